The van der Waals surface area contributed by atoms with Crippen molar-refractivity contribution < 1.29 is 28.7 Å². The summed E-state index contributed by atoms with van der Waals surface area (Å²) in [5.41, 5.74) is -0.0697. The molecule has 6 nitrogen and oxygen atoms in total. The third-order valence-electron chi connectivity index (χ3n) is 5.10. The minimum absolute atomic E-state index is 0.0565. The molecule has 1 aliphatic heterocycles. The maximum atomic E-state index is 11.6. The fourth-order valence-corrected chi connectivity index (χ4v) is 2.70. The van der Waals surface area contributed by atoms with Crippen LogP contribution >= 0.6 is 0 Å². The second-order valence-corrected chi connectivity index (χ2v) is 7.86. The molecule has 1 aliphatic rings. The largest absolute Gasteiger partial charge is 0.499 e. The van der Waals surface area contributed by atoms with Gasteiger partial charge in [-0.1, -0.05) is 25.5 Å². The van der Waals surface area contributed by atoms with Gasteiger partial charge in [-0.15, -0.1) is 0 Å². The number of aliphatic hydroxyl groups excluding tert-OH is 1. The van der Waals surface area contributed by atoms with Gasteiger partial charge in [0.05, 0.1) is 17.8 Å². The summed E-state index contributed by atoms with van der Waals surface area (Å²) in [5, 5.41) is 10.1. The van der Waals surface area contributed by atoms with Gasteiger partial charge in [-0.2, -0.15) is 0 Å². The Morgan fingerprint density at radius 2 is 1.85 bits per heavy atom. The van der Waals surface area contributed by atoms with Crippen LogP contribution in [0.4, 0.5) is 0 Å². The van der Waals surface area contributed by atoms with Gasteiger partial charge in [0.2, 0.25) is 0 Å². The molecule has 1 N–H and O–H groups in total. The minimum atomic E-state index is -0.757. The smallest absolute Gasteiger partial charge is 0.491 e. The number of aliphatic hydroxyl groups is 1. The molecular weight excluding hydrogens is 347 g/mol. The fourth-order valence-electron chi connectivity index (χ4n) is 2.70. The zero-order valence-corrected chi connectivity index (χ0v) is 17.0. The molecule has 1 saturated heterocycles. The Hall–Kier alpha value is -1.41. The zero-order valence-electron chi connectivity index (χ0n) is 17.0. The Morgan fingerprint density at radius 1 is 1.19 bits per heavy atom. The number of rotatable bonds is 10. The van der Waals surface area contributed by atoms with Gasteiger partial charge in [0.25, 0.3) is 0 Å². The van der Waals surface area contributed by atoms with E-state index in [0.29, 0.717) is 23.4 Å². The Labute approximate surface area is 162 Å². The average Bonchev–Trinajstić information content (AvgIpc) is 2.83. The van der Waals surface area contributed by atoms with Crippen LogP contribution in [0.3, 0.4) is 0 Å². The first kappa shape index (κ1) is 21.9. The highest BCUT2D eigenvalue weighted by atomic mass is 16.7. The SMILES string of the molecule is CCCCOCC(O)COc1cccc(C=O)c1B1OC(C)(C)C(C)(C)O1. The van der Waals surface area contributed by atoms with E-state index in [-0.39, 0.29) is 13.2 Å². The Bertz CT molecular complexity index is 615. The van der Waals surface area contributed by atoms with Crippen molar-refractivity contribution in [1.82, 2.24) is 0 Å². The van der Waals surface area contributed by atoms with E-state index in [1.807, 2.05) is 27.7 Å². The molecule has 1 heterocycles. The lowest BCUT2D eigenvalue weighted by Crippen LogP contribution is -2.41. The summed E-state index contributed by atoms with van der Waals surface area (Å²) in [6.45, 7) is 10.8. The van der Waals surface area contributed by atoms with Crippen molar-refractivity contribution in [3.63, 3.8) is 0 Å². The average molecular weight is 378 g/mol. The summed E-state index contributed by atoms with van der Waals surface area (Å²) in [6, 6.07) is 5.18. The number of hydrogen-bond donors (Lipinski definition) is 1. The number of aldehydes is 1. The van der Waals surface area contributed by atoms with Crippen LogP contribution in [0.25, 0.3) is 0 Å². The number of benzene rings is 1. The molecule has 0 aromatic heterocycles. The molecule has 0 radical (unpaired) electrons. The van der Waals surface area contributed by atoms with Crippen LogP contribution in [0.5, 0.6) is 5.75 Å². The van der Waals surface area contributed by atoms with E-state index in [1.165, 1.54) is 0 Å². The summed E-state index contributed by atoms with van der Waals surface area (Å²) < 4.78 is 23.4. The van der Waals surface area contributed by atoms with Crippen molar-refractivity contribution in [3.8, 4) is 5.75 Å². The number of carbonyl (C=O) groups excluding carboxylic acids is 1. The fraction of sp³-hybridized carbons (Fsp3) is 0.650. The van der Waals surface area contributed by atoms with Crippen LogP contribution in [0.1, 0.15) is 57.8 Å². The Balaban J connectivity index is 2.11. The molecule has 1 unspecified atom stereocenters. The van der Waals surface area contributed by atoms with Crippen LogP contribution in [0.15, 0.2) is 18.2 Å². The predicted octanol–water partition coefficient (Wildman–Crippen LogP) is 2.35. The van der Waals surface area contributed by atoms with Gasteiger partial charge in [0, 0.05) is 17.6 Å². The van der Waals surface area contributed by atoms with Gasteiger partial charge in [-0.05, 0) is 40.2 Å². The first-order chi connectivity index (χ1) is 12.7. The van der Waals surface area contributed by atoms with Gasteiger partial charge in [0.1, 0.15) is 24.7 Å². The maximum Gasteiger partial charge on any atom is 0.499 e. The first-order valence-corrected chi connectivity index (χ1v) is 9.54. The molecule has 150 valence electrons. The lowest BCUT2D eigenvalue weighted by Gasteiger charge is -2.32. The highest BCUT2D eigenvalue weighted by Crippen LogP contribution is 2.37. The molecule has 0 spiro atoms. The first-order valence-electron chi connectivity index (χ1n) is 9.54. The van der Waals surface area contributed by atoms with E-state index in [0.717, 1.165) is 19.1 Å². The lowest BCUT2D eigenvalue weighted by molar-refractivity contribution is 0.00578. The van der Waals surface area contributed by atoms with Gasteiger partial charge >= 0.3 is 7.12 Å². The number of carbonyl (C=O) groups is 1. The minimum Gasteiger partial charge on any atom is -0.491 e. The quantitative estimate of drug-likeness (QED) is 0.383. The molecular formula is C20H31BO6. The van der Waals surface area contributed by atoms with Crippen LogP contribution < -0.4 is 10.2 Å². The van der Waals surface area contributed by atoms with Crippen LogP contribution in [0, 0.1) is 0 Å². The number of hydrogen-bond acceptors (Lipinski definition) is 6. The molecule has 0 bridgehead atoms. The summed E-state index contributed by atoms with van der Waals surface area (Å²) in [5.74, 6) is 0.464. The third-order valence-corrected chi connectivity index (χ3v) is 5.10. The Morgan fingerprint density at radius 3 is 2.44 bits per heavy atom. The van der Waals surface area contributed by atoms with Gasteiger partial charge < -0.3 is 23.9 Å². The summed E-state index contributed by atoms with van der Waals surface area (Å²) in [7, 11) is -0.718. The predicted molar refractivity (Wildman–Crippen MR) is 105 cm³/mol. The lowest BCUT2D eigenvalue weighted by atomic mass is 9.75. The molecule has 0 saturated carbocycles. The maximum absolute atomic E-state index is 11.6. The van der Waals surface area contributed by atoms with Gasteiger partial charge in [0.15, 0.2) is 0 Å². The van der Waals surface area contributed by atoms with Crippen LogP contribution in [0.2, 0.25) is 0 Å². The number of ether oxygens (including phenoxy) is 2. The van der Waals surface area contributed by atoms with E-state index in [2.05, 4.69) is 6.92 Å². The van der Waals surface area contributed by atoms with E-state index in [1.54, 1.807) is 18.2 Å². The monoisotopic (exact) mass is 378 g/mol. The summed E-state index contributed by atoms with van der Waals surface area (Å²) >= 11 is 0. The second kappa shape index (κ2) is 9.19. The van der Waals surface area contributed by atoms with Crippen molar-refractivity contribution >= 4 is 18.9 Å². The molecule has 2 rings (SSSR count). The highest BCUT2D eigenvalue weighted by molar-refractivity contribution is 6.64. The number of unbranched alkanes of at least 4 members (excludes halogenated alkanes) is 1. The van der Waals surface area contributed by atoms with Crippen molar-refractivity contribution in [2.24, 2.45) is 0 Å². The molecule has 1 fully saturated rings. The second-order valence-electron chi connectivity index (χ2n) is 7.86. The van der Waals surface area contributed by atoms with Crippen molar-refractivity contribution in [1.29, 1.82) is 0 Å². The summed E-state index contributed by atoms with van der Waals surface area (Å²) in [6.07, 6.45) is 2.01. The van der Waals surface area contributed by atoms with E-state index >= 15 is 0 Å². The molecule has 7 heteroatoms. The third kappa shape index (κ3) is 5.32. The van der Waals surface area contributed by atoms with Crippen LogP contribution in [-0.4, -0.2) is 55.6 Å². The molecule has 27 heavy (non-hydrogen) atoms. The summed E-state index contributed by atoms with van der Waals surface area (Å²) in [4.78, 5) is 11.6. The Kier molecular flexibility index (Phi) is 7.45. The van der Waals surface area contributed by atoms with Crippen molar-refractivity contribution in [2.45, 2.75) is 64.8 Å². The normalized spacial score (nSPS) is 19.1. The molecule has 1 aromatic carbocycles. The zero-order chi connectivity index (χ0) is 20.1. The van der Waals surface area contributed by atoms with E-state index in [9.17, 15) is 9.90 Å². The topological polar surface area (TPSA) is 74.2 Å². The van der Waals surface area contributed by atoms with E-state index in [4.69, 9.17) is 18.8 Å². The van der Waals surface area contributed by atoms with Crippen LogP contribution in [-0.2, 0) is 14.0 Å². The molecule has 0 amide bonds. The standard InChI is InChI=1S/C20H31BO6/c1-6-7-11-24-13-16(23)14-25-17-10-8-9-15(12-22)18(17)21-26-19(2,3)20(4,5)27-21/h8-10,12,16,23H,6-7,11,13-14H2,1-5H3. The molecule has 1 aromatic rings. The molecule has 1 atom stereocenters. The van der Waals surface area contributed by atoms with Gasteiger partial charge in [-0.25, -0.2) is 0 Å². The van der Waals surface area contributed by atoms with Crippen molar-refractivity contribution in [2.75, 3.05) is 19.8 Å². The van der Waals surface area contributed by atoms with E-state index < -0.39 is 24.4 Å². The van der Waals surface area contributed by atoms with Gasteiger partial charge in [-0.3, -0.25) is 4.79 Å². The molecule has 0 aliphatic carbocycles. The highest BCUT2D eigenvalue weighted by Gasteiger charge is 2.53. The van der Waals surface area contributed by atoms with Crippen molar-refractivity contribution in [3.05, 3.63) is 23.8 Å².